The van der Waals surface area contributed by atoms with Crippen molar-refractivity contribution in [2.75, 3.05) is 6.54 Å². The predicted molar refractivity (Wildman–Crippen MR) is 54.4 cm³/mol. The summed E-state index contributed by atoms with van der Waals surface area (Å²) in [4.78, 5) is 0. The van der Waals surface area contributed by atoms with E-state index in [2.05, 4.69) is 12.2 Å². The molecule has 0 fully saturated rings. The van der Waals surface area contributed by atoms with Crippen LogP contribution in [-0.2, 0) is 0 Å². The second kappa shape index (κ2) is 4.33. The van der Waals surface area contributed by atoms with Gasteiger partial charge >= 0.3 is 6.41 Å². The molecular formula is C11H15NO2. The zero-order valence-corrected chi connectivity index (χ0v) is 8.32. The van der Waals surface area contributed by atoms with Crippen molar-refractivity contribution in [2.45, 2.75) is 26.2 Å². The zero-order valence-electron chi connectivity index (χ0n) is 8.32. The number of hydrogen-bond acceptors (Lipinski definition) is 3. The molecule has 0 saturated carbocycles. The van der Waals surface area contributed by atoms with Crippen LogP contribution < -0.4 is 14.8 Å². The monoisotopic (exact) mass is 193 g/mol. The molecule has 1 heterocycles. The van der Waals surface area contributed by atoms with E-state index in [0.29, 0.717) is 0 Å². The van der Waals surface area contributed by atoms with Crippen molar-refractivity contribution in [3.8, 4) is 11.5 Å². The van der Waals surface area contributed by atoms with Crippen molar-refractivity contribution in [1.29, 1.82) is 0 Å². The lowest BCUT2D eigenvalue weighted by atomic mass is 10.3. The van der Waals surface area contributed by atoms with E-state index in [1.807, 2.05) is 24.3 Å². The molecule has 2 rings (SSSR count). The molecule has 0 aliphatic carbocycles. The minimum atomic E-state index is -0.307. The fourth-order valence-electron chi connectivity index (χ4n) is 1.38. The molecule has 0 aromatic heterocycles. The van der Waals surface area contributed by atoms with Crippen molar-refractivity contribution in [1.82, 2.24) is 5.32 Å². The lowest BCUT2D eigenvalue weighted by Gasteiger charge is -2.10. The highest BCUT2D eigenvalue weighted by Crippen LogP contribution is 2.32. The molecule has 0 bridgehead atoms. The highest BCUT2D eigenvalue weighted by Gasteiger charge is 2.22. The van der Waals surface area contributed by atoms with Gasteiger partial charge in [0.2, 0.25) is 0 Å². The first kappa shape index (κ1) is 9.34. The van der Waals surface area contributed by atoms with Gasteiger partial charge in [-0.25, -0.2) is 5.32 Å². The third-order valence-corrected chi connectivity index (χ3v) is 2.16. The average Bonchev–Trinajstić information content (AvgIpc) is 2.60. The Labute approximate surface area is 84.0 Å². The SMILES string of the molecule is CCCCNC1Oc2ccccc2O1. The number of benzene rings is 1. The molecule has 76 valence electrons. The van der Waals surface area contributed by atoms with Gasteiger partial charge < -0.3 is 9.47 Å². The lowest BCUT2D eigenvalue weighted by Crippen LogP contribution is -2.36. The molecule has 3 heteroatoms. The van der Waals surface area contributed by atoms with E-state index in [9.17, 15) is 0 Å². The summed E-state index contributed by atoms with van der Waals surface area (Å²) in [5, 5.41) is 3.18. The number of hydrogen-bond donors (Lipinski definition) is 1. The number of unbranched alkanes of at least 4 members (excludes halogenated alkanes) is 1. The van der Waals surface area contributed by atoms with Crippen molar-refractivity contribution in [3.05, 3.63) is 24.3 Å². The second-order valence-corrected chi connectivity index (χ2v) is 3.32. The van der Waals surface area contributed by atoms with Gasteiger partial charge in [0.15, 0.2) is 11.5 Å². The molecule has 3 nitrogen and oxygen atoms in total. The second-order valence-electron chi connectivity index (χ2n) is 3.32. The molecule has 0 spiro atoms. The first-order chi connectivity index (χ1) is 6.90. The van der Waals surface area contributed by atoms with E-state index in [1.165, 1.54) is 6.42 Å². The Balaban J connectivity index is 1.86. The van der Waals surface area contributed by atoms with E-state index >= 15 is 0 Å². The fourth-order valence-corrected chi connectivity index (χ4v) is 1.38. The Kier molecular flexibility index (Phi) is 2.89. The summed E-state index contributed by atoms with van der Waals surface area (Å²) in [6.45, 7) is 3.09. The lowest BCUT2D eigenvalue weighted by molar-refractivity contribution is 0.0184. The molecular weight excluding hydrogens is 178 g/mol. The maximum Gasteiger partial charge on any atom is 0.302 e. The van der Waals surface area contributed by atoms with Gasteiger partial charge in [0, 0.05) is 6.54 Å². The van der Waals surface area contributed by atoms with Gasteiger partial charge in [0.1, 0.15) is 0 Å². The van der Waals surface area contributed by atoms with E-state index in [4.69, 9.17) is 9.47 Å². The average molecular weight is 193 g/mol. The van der Waals surface area contributed by atoms with Crippen LogP contribution in [0.4, 0.5) is 0 Å². The van der Waals surface area contributed by atoms with E-state index in [0.717, 1.165) is 24.5 Å². The van der Waals surface area contributed by atoms with Crippen LogP contribution >= 0.6 is 0 Å². The van der Waals surface area contributed by atoms with Crippen molar-refractivity contribution >= 4 is 0 Å². The quantitative estimate of drug-likeness (QED) is 0.743. The van der Waals surface area contributed by atoms with Gasteiger partial charge in [-0.2, -0.15) is 0 Å². The van der Waals surface area contributed by atoms with Gasteiger partial charge in [0.05, 0.1) is 0 Å². The number of rotatable bonds is 4. The molecule has 1 aliphatic heterocycles. The van der Waals surface area contributed by atoms with E-state index < -0.39 is 0 Å². The summed E-state index contributed by atoms with van der Waals surface area (Å²) in [7, 11) is 0. The first-order valence-electron chi connectivity index (χ1n) is 5.06. The number of fused-ring (bicyclic) bond motifs is 1. The first-order valence-corrected chi connectivity index (χ1v) is 5.06. The molecule has 0 amide bonds. The number of nitrogens with one attached hydrogen (secondary N) is 1. The van der Waals surface area contributed by atoms with Crippen LogP contribution in [0.5, 0.6) is 11.5 Å². The summed E-state index contributed by atoms with van der Waals surface area (Å²) in [6.07, 6.45) is 2.01. The smallest absolute Gasteiger partial charge is 0.302 e. The van der Waals surface area contributed by atoms with Crippen LogP contribution in [0.25, 0.3) is 0 Å². The molecule has 14 heavy (non-hydrogen) atoms. The highest BCUT2D eigenvalue weighted by atomic mass is 16.7. The van der Waals surface area contributed by atoms with Crippen LogP contribution in [0.3, 0.4) is 0 Å². The highest BCUT2D eigenvalue weighted by molar-refractivity contribution is 5.41. The van der Waals surface area contributed by atoms with Crippen LogP contribution in [0.1, 0.15) is 19.8 Å². The summed E-state index contributed by atoms with van der Waals surface area (Å²) in [6, 6.07) is 7.71. The molecule has 1 aliphatic rings. The summed E-state index contributed by atoms with van der Waals surface area (Å²) in [5.41, 5.74) is 0. The topological polar surface area (TPSA) is 30.5 Å². The van der Waals surface area contributed by atoms with Crippen molar-refractivity contribution in [3.63, 3.8) is 0 Å². The molecule has 0 unspecified atom stereocenters. The Hall–Kier alpha value is -1.22. The largest absolute Gasteiger partial charge is 0.438 e. The van der Waals surface area contributed by atoms with Crippen LogP contribution in [0.2, 0.25) is 0 Å². The number of ether oxygens (including phenoxy) is 2. The summed E-state index contributed by atoms with van der Waals surface area (Å²) in [5.74, 6) is 1.64. The standard InChI is InChI=1S/C11H15NO2/c1-2-3-8-12-11-13-9-6-4-5-7-10(9)14-11/h4-7,11-12H,2-3,8H2,1H3. The van der Waals surface area contributed by atoms with Gasteiger partial charge in [-0.1, -0.05) is 25.5 Å². The Morgan fingerprint density at radius 2 is 1.86 bits per heavy atom. The van der Waals surface area contributed by atoms with E-state index in [-0.39, 0.29) is 6.41 Å². The van der Waals surface area contributed by atoms with Gasteiger partial charge in [-0.3, -0.25) is 0 Å². The maximum atomic E-state index is 5.52. The molecule has 1 aromatic carbocycles. The Morgan fingerprint density at radius 3 is 2.43 bits per heavy atom. The van der Waals surface area contributed by atoms with Crippen LogP contribution in [-0.4, -0.2) is 13.0 Å². The van der Waals surface area contributed by atoms with Gasteiger partial charge in [-0.15, -0.1) is 0 Å². The minimum Gasteiger partial charge on any atom is -0.438 e. The van der Waals surface area contributed by atoms with Crippen LogP contribution in [0, 0.1) is 0 Å². The molecule has 0 saturated heterocycles. The number of para-hydroxylation sites is 2. The molecule has 0 radical (unpaired) electrons. The predicted octanol–water partition coefficient (Wildman–Crippen LogP) is 2.13. The molecule has 1 N–H and O–H groups in total. The van der Waals surface area contributed by atoms with Crippen molar-refractivity contribution < 1.29 is 9.47 Å². The van der Waals surface area contributed by atoms with Gasteiger partial charge in [-0.05, 0) is 18.6 Å². The normalized spacial score (nSPS) is 14.6. The summed E-state index contributed by atoms with van der Waals surface area (Å²) >= 11 is 0. The Bertz CT molecular complexity index is 276. The van der Waals surface area contributed by atoms with Gasteiger partial charge in [0.25, 0.3) is 0 Å². The minimum absolute atomic E-state index is 0.307. The molecule has 0 atom stereocenters. The Morgan fingerprint density at radius 1 is 1.21 bits per heavy atom. The maximum absolute atomic E-state index is 5.52. The fraction of sp³-hybridized carbons (Fsp3) is 0.455. The third kappa shape index (κ3) is 1.99. The molecule has 1 aromatic rings. The van der Waals surface area contributed by atoms with E-state index in [1.54, 1.807) is 0 Å². The zero-order chi connectivity index (χ0) is 9.80. The van der Waals surface area contributed by atoms with Crippen molar-refractivity contribution in [2.24, 2.45) is 0 Å². The van der Waals surface area contributed by atoms with Crippen LogP contribution in [0.15, 0.2) is 24.3 Å². The summed E-state index contributed by atoms with van der Waals surface area (Å²) < 4.78 is 11.0. The third-order valence-electron chi connectivity index (χ3n) is 2.16.